The Bertz CT molecular complexity index is 758. The summed E-state index contributed by atoms with van der Waals surface area (Å²) >= 11 is 0. The van der Waals surface area contributed by atoms with Crippen molar-refractivity contribution in [3.63, 3.8) is 0 Å². The molecule has 0 radical (unpaired) electrons. The van der Waals surface area contributed by atoms with Crippen LogP contribution in [0.4, 0.5) is 14.9 Å². The number of hydrogen-bond acceptors (Lipinski definition) is 2. The molecule has 1 atom stereocenters. The molecule has 138 valence electrons. The molecule has 3 amide bonds. The molecule has 1 unspecified atom stereocenters. The highest BCUT2D eigenvalue weighted by Crippen LogP contribution is 2.17. The SMILES string of the molecule is CCN(CC)C(=O)Nc1ccc(C(C)NC(=O)c2cccc(F)c2)cc1. The van der Waals surface area contributed by atoms with Crippen molar-refractivity contribution in [3.8, 4) is 0 Å². The number of hydrogen-bond donors (Lipinski definition) is 2. The topological polar surface area (TPSA) is 61.4 Å². The van der Waals surface area contributed by atoms with Crippen LogP contribution in [-0.4, -0.2) is 29.9 Å². The molecule has 0 saturated carbocycles. The number of nitrogens with one attached hydrogen (secondary N) is 2. The average molecular weight is 357 g/mol. The van der Waals surface area contributed by atoms with Gasteiger partial charge in [-0.25, -0.2) is 9.18 Å². The van der Waals surface area contributed by atoms with Gasteiger partial charge >= 0.3 is 6.03 Å². The Balaban J connectivity index is 1.99. The Morgan fingerprint density at radius 2 is 1.73 bits per heavy atom. The van der Waals surface area contributed by atoms with Crippen LogP contribution in [0.2, 0.25) is 0 Å². The zero-order valence-electron chi connectivity index (χ0n) is 15.3. The lowest BCUT2D eigenvalue weighted by molar-refractivity contribution is 0.0939. The molecule has 0 bridgehead atoms. The number of anilines is 1. The molecular weight excluding hydrogens is 333 g/mol. The van der Waals surface area contributed by atoms with Crippen molar-refractivity contribution in [2.75, 3.05) is 18.4 Å². The summed E-state index contributed by atoms with van der Waals surface area (Å²) in [5.41, 5.74) is 1.85. The molecule has 5 nitrogen and oxygen atoms in total. The van der Waals surface area contributed by atoms with Crippen molar-refractivity contribution in [3.05, 3.63) is 65.5 Å². The summed E-state index contributed by atoms with van der Waals surface area (Å²) in [6, 6.07) is 12.4. The molecule has 6 heteroatoms. The van der Waals surface area contributed by atoms with Crippen LogP contribution in [0, 0.1) is 5.82 Å². The number of nitrogens with zero attached hydrogens (tertiary/aromatic N) is 1. The number of benzene rings is 2. The molecule has 0 aliphatic heterocycles. The molecule has 0 aliphatic carbocycles. The van der Waals surface area contributed by atoms with Gasteiger partial charge in [0.2, 0.25) is 0 Å². The summed E-state index contributed by atoms with van der Waals surface area (Å²) in [7, 11) is 0. The van der Waals surface area contributed by atoms with Crippen molar-refractivity contribution in [1.29, 1.82) is 0 Å². The lowest BCUT2D eigenvalue weighted by atomic mass is 10.1. The highest BCUT2D eigenvalue weighted by Gasteiger charge is 2.13. The van der Waals surface area contributed by atoms with Gasteiger partial charge in [-0.2, -0.15) is 0 Å². The van der Waals surface area contributed by atoms with Crippen LogP contribution in [0.15, 0.2) is 48.5 Å². The smallest absolute Gasteiger partial charge is 0.321 e. The van der Waals surface area contributed by atoms with Crippen molar-refractivity contribution < 1.29 is 14.0 Å². The van der Waals surface area contributed by atoms with E-state index in [4.69, 9.17) is 0 Å². The fourth-order valence-corrected chi connectivity index (χ4v) is 2.56. The number of amides is 3. The van der Waals surface area contributed by atoms with Gasteiger partial charge in [-0.05, 0) is 56.7 Å². The van der Waals surface area contributed by atoms with Gasteiger partial charge in [0.05, 0.1) is 6.04 Å². The van der Waals surface area contributed by atoms with Crippen LogP contribution in [0.3, 0.4) is 0 Å². The number of carbonyl (C=O) groups is 2. The summed E-state index contributed by atoms with van der Waals surface area (Å²) in [6.45, 7) is 6.98. The van der Waals surface area contributed by atoms with Crippen LogP contribution in [0.1, 0.15) is 42.7 Å². The van der Waals surface area contributed by atoms with E-state index in [-0.39, 0.29) is 23.5 Å². The number of rotatable bonds is 6. The highest BCUT2D eigenvalue weighted by molar-refractivity contribution is 5.94. The largest absolute Gasteiger partial charge is 0.346 e. The van der Waals surface area contributed by atoms with E-state index in [9.17, 15) is 14.0 Å². The molecule has 0 fully saturated rings. The van der Waals surface area contributed by atoms with E-state index in [0.29, 0.717) is 18.8 Å². The summed E-state index contributed by atoms with van der Waals surface area (Å²) in [5, 5.41) is 5.68. The minimum atomic E-state index is -0.446. The summed E-state index contributed by atoms with van der Waals surface area (Å²) in [6.07, 6.45) is 0. The van der Waals surface area contributed by atoms with Crippen molar-refractivity contribution in [2.24, 2.45) is 0 Å². The first-order valence-corrected chi connectivity index (χ1v) is 8.66. The molecule has 2 N–H and O–H groups in total. The predicted octanol–water partition coefficient (Wildman–Crippen LogP) is 4.19. The van der Waals surface area contributed by atoms with Gasteiger partial charge in [-0.1, -0.05) is 18.2 Å². The zero-order chi connectivity index (χ0) is 19.1. The van der Waals surface area contributed by atoms with Gasteiger partial charge in [0.25, 0.3) is 5.91 Å². The average Bonchev–Trinajstić information content (AvgIpc) is 2.63. The third kappa shape index (κ3) is 5.05. The van der Waals surface area contributed by atoms with Gasteiger partial charge in [-0.15, -0.1) is 0 Å². The minimum Gasteiger partial charge on any atom is -0.346 e. The first kappa shape index (κ1) is 19.4. The Morgan fingerprint density at radius 3 is 2.31 bits per heavy atom. The normalized spacial score (nSPS) is 11.5. The van der Waals surface area contributed by atoms with Gasteiger partial charge in [0, 0.05) is 24.3 Å². The number of urea groups is 1. The Morgan fingerprint density at radius 1 is 1.08 bits per heavy atom. The maximum Gasteiger partial charge on any atom is 0.321 e. The van der Waals surface area contributed by atoms with Crippen LogP contribution in [-0.2, 0) is 0 Å². The lowest BCUT2D eigenvalue weighted by Crippen LogP contribution is -2.34. The summed E-state index contributed by atoms with van der Waals surface area (Å²) in [5.74, 6) is -0.783. The van der Waals surface area contributed by atoms with Crippen LogP contribution in [0.25, 0.3) is 0 Å². The quantitative estimate of drug-likeness (QED) is 0.814. The third-order valence-electron chi connectivity index (χ3n) is 4.15. The Hall–Kier alpha value is -2.89. The fraction of sp³-hybridized carbons (Fsp3) is 0.300. The predicted molar refractivity (Wildman–Crippen MR) is 101 cm³/mol. The van der Waals surface area contributed by atoms with Gasteiger partial charge in [-0.3, -0.25) is 4.79 Å². The first-order chi connectivity index (χ1) is 12.4. The van der Waals surface area contributed by atoms with Gasteiger partial charge in [0.15, 0.2) is 0 Å². The first-order valence-electron chi connectivity index (χ1n) is 8.66. The van der Waals surface area contributed by atoms with E-state index in [1.54, 1.807) is 23.1 Å². The van der Waals surface area contributed by atoms with E-state index in [1.165, 1.54) is 18.2 Å². The molecular formula is C20H24FN3O2. The van der Waals surface area contributed by atoms with Crippen LogP contribution >= 0.6 is 0 Å². The number of halogens is 1. The monoisotopic (exact) mass is 357 g/mol. The van der Waals surface area contributed by atoms with Gasteiger partial charge < -0.3 is 15.5 Å². The second kappa shape index (κ2) is 8.99. The Labute approximate surface area is 153 Å². The van der Waals surface area contributed by atoms with Crippen LogP contribution < -0.4 is 10.6 Å². The van der Waals surface area contributed by atoms with E-state index in [0.717, 1.165) is 5.56 Å². The van der Waals surface area contributed by atoms with E-state index in [2.05, 4.69) is 10.6 Å². The molecule has 2 aromatic rings. The zero-order valence-corrected chi connectivity index (χ0v) is 15.3. The third-order valence-corrected chi connectivity index (χ3v) is 4.15. The second-order valence-electron chi connectivity index (χ2n) is 5.93. The van der Waals surface area contributed by atoms with Crippen molar-refractivity contribution in [1.82, 2.24) is 10.2 Å². The van der Waals surface area contributed by atoms with E-state index >= 15 is 0 Å². The molecule has 0 aromatic heterocycles. The molecule has 0 aliphatic rings. The molecule has 0 spiro atoms. The number of carbonyl (C=O) groups excluding carboxylic acids is 2. The molecule has 2 rings (SSSR count). The summed E-state index contributed by atoms with van der Waals surface area (Å²) < 4.78 is 13.2. The summed E-state index contributed by atoms with van der Waals surface area (Å²) in [4.78, 5) is 25.9. The van der Waals surface area contributed by atoms with Crippen molar-refractivity contribution in [2.45, 2.75) is 26.8 Å². The van der Waals surface area contributed by atoms with E-state index in [1.807, 2.05) is 32.9 Å². The second-order valence-corrected chi connectivity index (χ2v) is 5.93. The fourth-order valence-electron chi connectivity index (χ4n) is 2.56. The molecule has 0 saturated heterocycles. The standard InChI is InChI=1S/C20H24FN3O2/c1-4-24(5-2)20(26)23-18-11-9-15(10-12-18)14(3)22-19(25)16-7-6-8-17(21)13-16/h6-14H,4-5H2,1-3H3,(H,22,25)(H,23,26). The minimum absolute atomic E-state index is 0.143. The maximum absolute atomic E-state index is 13.2. The Kier molecular flexibility index (Phi) is 6.72. The van der Waals surface area contributed by atoms with E-state index < -0.39 is 5.82 Å². The lowest BCUT2D eigenvalue weighted by Gasteiger charge is -2.19. The molecule has 2 aromatic carbocycles. The molecule has 26 heavy (non-hydrogen) atoms. The molecule has 0 heterocycles. The highest BCUT2D eigenvalue weighted by atomic mass is 19.1. The van der Waals surface area contributed by atoms with Crippen LogP contribution in [0.5, 0.6) is 0 Å². The van der Waals surface area contributed by atoms with Crippen molar-refractivity contribution >= 4 is 17.6 Å². The van der Waals surface area contributed by atoms with Gasteiger partial charge in [0.1, 0.15) is 5.82 Å². The maximum atomic E-state index is 13.2.